The predicted octanol–water partition coefficient (Wildman–Crippen LogP) is 3.91. The first kappa shape index (κ1) is 28.5. The molecule has 9 nitrogen and oxygen atoms in total. The van der Waals surface area contributed by atoms with Crippen molar-refractivity contribution < 1.29 is 21.6 Å². The predicted molar refractivity (Wildman–Crippen MR) is 146 cm³/mol. The lowest BCUT2D eigenvalue weighted by atomic mass is 9.87. The molecule has 0 amide bonds. The van der Waals surface area contributed by atoms with E-state index in [1.165, 1.54) is 6.33 Å². The number of benzene rings is 2. The highest BCUT2D eigenvalue weighted by Gasteiger charge is 2.22. The topological polar surface area (TPSA) is 127 Å². The van der Waals surface area contributed by atoms with Gasteiger partial charge in [0, 0.05) is 12.3 Å². The molecule has 0 radical (unpaired) electrons. The number of sulfone groups is 1. The standard InChI is InChI=1S/C26H34N4O5S2/c1-6-36(31,32)18-27-15-16-35-25-23(20-9-7-19(2)8-10-20)24(28-17-29-25)30-37(33,34)22-13-11-21(12-14-22)26(3,4)5/h7-14,17,27H,6,15-16,18H2,1-5H3,(H,28,29,30). The van der Waals surface area contributed by atoms with Crippen molar-refractivity contribution >= 4 is 25.7 Å². The lowest BCUT2D eigenvalue weighted by molar-refractivity contribution is 0.306. The Morgan fingerprint density at radius 1 is 0.919 bits per heavy atom. The van der Waals surface area contributed by atoms with Gasteiger partial charge in [0.15, 0.2) is 15.7 Å². The van der Waals surface area contributed by atoms with Crippen LogP contribution in [0.25, 0.3) is 11.1 Å². The summed E-state index contributed by atoms with van der Waals surface area (Å²) in [4.78, 5) is 8.55. The van der Waals surface area contributed by atoms with Crippen LogP contribution >= 0.6 is 0 Å². The average Bonchev–Trinajstić information content (AvgIpc) is 2.84. The minimum absolute atomic E-state index is 0.0484. The van der Waals surface area contributed by atoms with Crippen molar-refractivity contribution in [3.8, 4) is 17.0 Å². The summed E-state index contributed by atoms with van der Waals surface area (Å²) in [5.74, 6) is 0.155. The smallest absolute Gasteiger partial charge is 0.263 e. The van der Waals surface area contributed by atoms with Crippen LogP contribution in [-0.4, -0.2) is 51.6 Å². The summed E-state index contributed by atoms with van der Waals surface area (Å²) >= 11 is 0. The number of anilines is 1. The maximum Gasteiger partial charge on any atom is 0.263 e. The molecule has 2 aromatic carbocycles. The second-order valence-electron chi connectivity index (χ2n) is 9.67. The van der Waals surface area contributed by atoms with E-state index in [1.807, 2.05) is 31.2 Å². The van der Waals surface area contributed by atoms with Crippen LogP contribution in [0.15, 0.2) is 59.8 Å². The highest BCUT2D eigenvalue weighted by Crippen LogP contribution is 2.35. The Bertz CT molecular complexity index is 1420. The number of ether oxygens (including phenoxy) is 1. The third-order valence-corrected chi connectivity index (χ3v) is 8.57. The van der Waals surface area contributed by atoms with E-state index in [2.05, 4.69) is 40.8 Å². The van der Waals surface area contributed by atoms with Gasteiger partial charge in [0.2, 0.25) is 5.88 Å². The molecule has 11 heteroatoms. The maximum absolute atomic E-state index is 13.3. The van der Waals surface area contributed by atoms with E-state index < -0.39 is 19.9 Å². The maximum atomic E-state index is 13.3. The zero-order valence-corrected chi connectivity index (χ0v) is 23.4. The molecule has 3 rings (SSSR count). The molecule has 0 saturated carbocycles. The molecule has 37 heavy (non-hydrogen) atoms. The number of rotatable bonds is 11. The van der Waals surface area contributed by atoms with E-state index >= 15 is 0 Å². The Kier molecular flexibility index (Phi) is 8.93. The van der Waals surface area contributed by atoms with Gasteiger partial charge in [-0.05, 0) is 35.6 Å². The first-order chi connectivity index (χ1) is 17.3. The van der Waals surface area contributed by atoms with Gasteiger partial charge in [-0.3, -0.25) is 4.72 Å². The fourth-order valence-corrected chi connectivity index (χ4v) is 5.09. The minimum Gasteiger partial charge on any atom is -0.476 e. The van der Waals surface area contributed by atoms with Gasteiger partial charge in [-0.1, -0.05) is 69.7 Å². The number of sulfonamides is 1. The van der Waals surface area contributed by atoms with Gasteiger partial charge in [-0.2, -0.15) is 0 Å². The zero-order chi connectivity index (χ0) is 27.3. The van der Waals surface area contributed by atoms with Crippen molar-refractivity contribution in [3.63, 3.8) is 0 Å². The van der Waals surface area contributed by atoms with Crippen LogP contribution < -0.4 is 14.8 Å². The Hall–Kier alpha value is -3.02. The van der Waals surface area contributed by atoms with Gasteiger partial charge < -0.3 is 10.1 Å². The van der Waals surface area contributed by atoms with Crippen LogP contribution in [0, 0.1) is 6.92 Å². The van der Waals surface area contributed by atoms with Crippen molar-refractivity contribution in [2.24, 2.45) is 0 Å². The third kappa shape index (κ3) is 7.73. The summed E-state index contributed by atoms with van der Waals surface area (Å²) in [7, 11) is -7.11. The summed E-state index contributed by atoms with van der Waals surface area (Å²) in [6.45, 7) is 10.1. The van der Waals surface area contributed by atoms with Crippen LogP contribution in [-0.2, 0) is 25.3 Å². The Labute approximate surface area is 219 Å². The van der Waals surface area contributed by atoms with Crippen LogP contribution in [0.3, 0.4) is 0 Å². The number of hydrogen-bond donors (Lipinski definition) is 2. The molecule has 200 valence electrons. The molecule has 3 aromatic rings. The normalized spacial score (nSPS) is 12.4. The quantitative estimate of drug-likeness (QED) is 0.347. The monoisotopic (exact) mass is 546 g/mol. The number of nitrogens with one attached hydrogen (secondary N) is 2. The van der Waals surface area contributed by atoms with Gasteiger partial charge >= 0.3 is 0 Å². The van der Waals surface area contributed by atoms with Gasteiger partial charge in [0.05, 0.1) is 16.3 Å². The number of hydrogen-bond acceptors (Lipinski definition) is 8. The SMILES string of the molecule is CCS(=O)(=O)CNCCOc1ncnc(NS(=O)(=O)c2ccc(C(C)(C)C)cc2)c1-c1ccc(C)cc1. The number of nitrogens with zero attached hydrogens (tertiary/aromatic N) is 2. The zero-order valence-electron chi connectivity index (χ0n) is 21.8. The summed E-state index contributed by atoms with van der Waals surface area (Å²) < 4.78 is 58.3. The van der Waals surface area contributed by atoms with E-state index in [0.717, 1.165) is 11.1 Å². The van der Waals surface area contributed by atoms with Crippen LogP contribution in [0.1, 0.15) is 38.8 Å². The molecular weight excluding hydrogens is 512 g/mol. The Morgan fingerprint density at radius 3 is 2.16 bits per heavy atom. The number of aryl methyl sites for hydroxylation is 1. The summed E-state index contributed by atoms with van der Waals surface area (Å²) in [6, 6.07) is 14.2. The Morgan fingerprint density at radius 2 is 1.57 bits per heavy atom. The molecule has 0 aliphatic carbocycles. The van der Waals surface area contributed by atoms with Crippen LogP contribution in [0.2, 0.25) is 0 Å². The van der Waals surface area contributed by atoms with Crippen molar-refractivity contribution in [1.82, 2.24) is 15.3 Å². The molecule has 1 heterocycles. The van der Waals surface area contributed by atoms with Crippen LogP contribution in [0.4, 0.5) is 5.82 Å². The number of aromatic nitrogens is 2. The molecule has 0 aliphatic rings. The van der Waals surface area contributed by atoms with E-state index in [1.54, 1.807) is 31.2 Å². The molecule has 0 fully saturated rings. The first-order valence-corrected chi connectivity index (χ1v) is 15.2. The molecular formula is C26H34N4O5S2. The van der Waals surface area contributed by atoms with Gasteiger partial charge in [0.25, 0.3) is 10.0 Å². The van der Waals surface area contributed by atoms with Crippen molar-refractivity contribution in [2.75, 3.05) is 29.5 Å². The minimum atomic E-state index is -3.95. The van der Waals surface area contributed by atoms with E-state index in [-0.39, 0.29) is 46.8 Å². The van der Waals surface area contributed by atoms with E-state index in [0.29, 0.717) is 11.1 Å². The first-order valence-electron chi connectivity index (χ1n) is 11.9. The molecule has 0 atom stereocenters. The fraction of sp³-hybridized carbons (Fsp3) is 0.385. The van der Waals surface area contributed by atoms with Crippen LogP contribution in [0.5, 0.6) is 5.88 Å². The van der Waals surface area contributed by atoms with Crippen molar-refractivity contribution in [1.29, 1.82) is 0 Å². The molecule has 2 N–H and O–H groups in total. The second kappa shape index (κ2) is 11.6. The van der Waals surface area contributed by atoms with Crippen molar-refractivity contribution in [2.45, 2.75) is 44.9 Å². The van der Waals surface area contributed by atoms with Gasteiger partial charge in [-0.25, -0.2) is 26.8 Å². The molecule has 0 saturated heterocycles. The van der Waals surface area contributed by atoms with Gasteiger partial charge in [-0.15, -0.1) is 0 Å². The molecule has 0 unspecified atom stereocenters. The van der Waals surface area contributed by atoms with Gasteiger partial charge in [0.1, 0.15) is 12.9 Å². The molecule has 0 bridgehead atoms. The lowest BCUT2D eigenvalue weighted by Gasteiger charge is -2.19. The highest BCUT2D eigenvalue weighted by atomic mass is 32.2. The Balaban J connectivity index is 1.89. The second-order valence-corrected chi connectivity index (χ2v) is 13.7. The lowest BCUT2D eigenvalue weighted by Crippen LogP contribution is -2.28. The van der Waals surface area contributed by atoms with E-state index in [4.69, 9.17) is 4.74 Å². The molecule has 1 aromatic heterocycles. The third-order valence-electron chi connectivity index (χ3n) is 5.69. The summed E-state index contributed by atoms with van der Waals surface area (Å²) in [5.41, 5.74) is 3.00. The van der Waals surface area contributed by atoms with Crippen molar-refractivity contribution in [3.05, 3.63) is 66.0 Å². The fourth-order valence-electron chi connectivity index (χ4n) is 3.41. The highest BCUT2D eigenvalue weighted by molar-refractivity contribution is 7.92. The van der Waals surface area contributed by atoms with E-state index in [9.17, 15) is 16.8 Å². The molecule has 0 spiro atoms. The summed E-state index contributed by atoms with van der Waals surface area (Å²) in [5, 5.41) is 2.84. The molecule has 0 aliphatic heterocycles. The summed E-state index contributed by atoms with van der Waals surface area (Å²) in [6.07, 6.45) is 1.22. The average molecular weight is 547 g/mol. The largest absolute Gasteiger partial charge is 0.476 e.